The Bertz CT molecular complexity index is 1210. The van der Waals surface area contributed by atoms with Gasteiger partial charge in [0.25, 0.3) is 17.7 Å². The third-order valence-electron chi connectivity index (χ3n) is 4.69. The summed E-state index contributed by atoms with van der Waals surface area (Å²) in [5.41, 5.74) is 6.56. The van der Waals surface area contributed by atoms with Crippen molar-refractivity contribution >= 4 is 17.7 Å². The van der Waals surface area contributed by atoms with Crippen molar-refractivity contribution in [3.63, 3.8) is 0 Å². The van der Waals surface area contributed by atoms with E-state index in [2.05, 4.69) is 31.7 Å². The number of benzene rings is 2. The van der Waals surface area contributed by atoms with Crippen molar-refractivity contribution in [3.8, 4) is 5.69 Å². The molecule has 4 aromatic rings. The second-order valence-electron chi connectivity index (χ2n) is 6.94. The topological polar surface area (TPSA) is 144 Å². The van der Waals surface area contributed by atoms with Gasteiger partial charge >= 0.3 is 0 Å². The van der Waals surface area contributed by atoms with Crippen molar-refractivity contribution in [1.82, 2.24) is 36.4 Å². The zero-order valence-corrected chi connectivity index (χ0v) is 17.2. The van der Waals surface area contributed by atoms with E-state index < -0.39 is 23.8 Å². The van der Waals surface area contributed by atoms with E-state index in [0.717, 1.165) is 5.56 Å². The molecular formula is C22H19N7O4. The minimum atomic E-state index is -0.951. The monoisotopic (exact) mass is 445 g/mol. The molecule has 0 fully saturated rings. The average Bonchev–Trinajstić information content (AvgIpc) is 3.57. The van der Waals surface area contributed by atoms with Crippen LogP contribution in [0.4, 0.5) is 0 Å². The molecule has 3 N–H and O–H groups in total. The molecule has 0 aliphatic carbocycles. The SMILES string of the molecule is O=C(NNC(=O)C(Cc1ccccc1)NC(=O)c1ccco1)c1ccc(-n2cnnn2)cc1. The molecule has 0 saturated carbocycles. The van der Waals surface area contributed by atoms with Crippen LogP contribution in [0.5, 0.6) is 0 Å². The molecule has 0 bridgehead atoms. The van der Waals surface area contributed by atoms with Crippen LogP contribution in [0.2, 0.25) is 0 Å². The second kappa shape index (κ2) is 10.0. The van der Waals surface area contributed by atoms with E-state index in [1.165, 1.54) is 23.3 Å². The second-order valence-corrected chi connectivity index (χ2v) is 6.94. The van der Waals surface area contributed by atoms with Crippen molar-refractivity contribution in [3.05, 3.63) is 96.2 Å². The van der Waals surface area contributed by atoms with Crippen molar-refractivity contribution in [2.75, 3.05) is 0 Å². The van der Waals surface area contributed by atoms with Gasteiger partial charge in [-0.15, -0.1) is 5.10 Å². The maximum Gasteiger partial charge on any atom is 0.287 e. The number of tetrazole rings is 1. The standard InChI is InChI=1S/C22H19N7O4/c30-20(16-8-10-17(11-9-16)29-14-23-27-28-29)25-26-21(31)18(13-15-5-2-1-3-6-15)24-22(32)19-7-4-12-33-19/h1-12,14,18H,13H2,(H,24,32)(H,25,30)(H,26,31). The highest BCUT2D eigenvalue weighted by atomic mass is 16.3. The highest BCUT2D eigenvalue weighted by Gasteiger charge is 2.23. The van der Waals surface area contributed by atoms with Gasteiger partial charge in [0.05, 0.1) is 12.0 Å². The molecule has 33 heavy (non-hydrogen) atoms. The van der Waals surface area contributed by atoms with Crippen molar-refractivity contribution in [2.45, 2.75) is 12.5 Å². The van der Waals surface area contributed by atoms with Gasteiger partial charge in [0.15, 0.2) is 5.76 Å². The molecule has 0 radical (unpaired) electrons. The molecular weight excluding hydrogens is 426 g/mol. The number of hydrogen-bond donors (Lipinski definition) is 3. The zero-order chi connectivity index (χ0) is 23.0. The molecule has 2 aromatic heterocycles. The van der Waals surface area contributed by atoms with Crippen molar-refractivity contribution < 1.29 is 18.8 Å². The Balaban J connectivity index is 1.40. The fourth-order valence-electron chi connectivity index (χ4n) is 3.02. The summed E-state index contributed by atoms with van der Waals surface area (Å²) in [5, 5.41) is 13.5. The molecule has 2 heterocycles. The van der Waals surface area contributed by atoms with Crippen LogP contribution in [0, 0.1) is 0 Å². The summed E-state index contributed by atoms with van der Waals surface area (Å²) in [6.45, 7) is 0. The molecule has 4 rings (SSSR count). The molecule has 2 aromatic carbocycles. The molecule has 0 spiro atoms. The van der Waals surface area contributed by atoms with Crippen LogP contribution in [-0.2, 0) is 11.2 Å². The summed E-state index contributed by atoms with van der Waals surface area (Å²) in [7, 11) is 0. The first-order chi connectivity index (χ1) is 16.1. The maximum absolute atomic E-state index is 12.8. The van der Waals surface area contributed by atoms with Crippen LogP contribution in [0.25, 0.3) is 5.69 Å². The molecule has 1 unspecified atom stereocenters. The van der Waals surface area contributed by atoms with Crippen LogP contribution in [0.1, 0.15) is 26.5 Å². The summed E-state index contributed by atoms with van der Waals surface area (Å²) < 4.78 is 6.53. The van der Waals surface area contributed by atoms with Gasteiger partial charge in [-0.2, -0.15) is 0 Å². The van der Waals surface area contributed by atoms with Crippen LogP contribution in [-0.4, -0.2) is 44.0 Å². The summed E-state index contributed by atoms with van der Waals surface area (Å²) in [6.07, 6.45) is 3.01. The Hall–Kier alpha value is -4.80. The third-order valence-corrected chi connectivity index (χ3v) is 4.69. The maximum atomic E-state index is 12.8. The van der Waals surface area contributed by atoms with Gasteiger partial charge in [0.1, 0.15) is 12.4 Å². The highest BCUT2D eigenvalue weighted by molar-refractivity contribution is 5.98. The Morgan fingerprint density at radius 3 is 2.36 bits per heavy atom. The smallest absolute Gasteiger partial charge is 0.287 e. The summed E-state index contributed by atoms with van der Waals surface area (Å²) in [4.78, 5) is 37.7. The molecule has 0 aliphatic rings. The molecule has 1 atom stereocenters. The van der Waals surface area contributed by atoms with Crippen molar-refractivity contribution in [2.24, 2.45) is 0 Å². The minimum absolute atomic E-state index is 0.0765. The summed E-state index contributed by atoms with van der Waals surface area (Å²) >= 11 is 0. The normalized spacial score (nSPS) is 11.4. The number of aromatic nitrogens is 4. The number of carbonyl (C=O) groups is 3. The number of amides is 3. The van der Waals surface area contributed by atoms with Crippen LogP contribution in [0.15, 0.2) is 83.7 Å². The van der Waals surface area contributed by atoms with Gasteiger partial charge in [-0.25, -0.2) is 4.68 Å². The first-order valence-corrected chi connectivity index (χ1v) is 9.92. The first kappa shape index (κ1) is 21.4. The van der Waals surface area contributed by atoms with Crippen LogP contribution < -0.4 is 16.2 Å². The summed E-state index contributed by atoms with van der Waals surface area (Å²) in [6, 6.07) is 17.8. The third kappa shape index (κ3) is 5.47. The van der Waals surface area contributed by atoms with Gasteiger partial charge in [-0.1, -0.05) is 30.3 Å². The summed E-state index contributed by atoms with van der Waals surface area (Å²) in [5.74, 6) is -1.58. The van der Waals surface area contributed by atoms with Gasteiger partial charge in [0, 0.05) is 12.0 Å². The number of rotatable bonds is 7. The Labute approximate surface area is 187 Å². The van der Waals surface area contributed by atoms with Gasteiger partial charge in [-0.3, -0.25) is 25.2 Å². The molecule has 166 valence electrons. The molecule has 0 saturated heterocycles. The lowest BCUT2D eigenvalue weighted by molar-refractivity contribution is -0.123. The van der Waals surface area contributed by atoms with E-state index in [4.69, 9.17) is 4.42 Å². The minimum Gasteiger partial charge on any atom is -0.459 e. The van der Waals surface area contributed by atoms with Crippen molar-refractivity contribution in [1.29, 1.82) is 0 Å². The lowest BCUT2D eigenvalue weighted by Gasteiger charge is -2.18. The van der Waals surface area contributed by atoms with E-state index in [9.17, 15) is 14.4 Å². The Morgan fingerprint density at radius 2 is 1.70 bits per heavy atom. The lowest BCUT2D eigenvalue weighted by Crippen LogP contribution is -2.53. The lowest BCUT2D eigenvalue weighted by atomic mass is 10.1. The van der Waals surface area contributed by atoms with E-state index in [0.29, 0.717) is 11.3 Å². The van der Waals surface area contributed by atoms with Gasteiger partial charge < -0.3 is 9.73 Å². The average molecular weight is 445 g/mol. The van der Waals surface area contributed by atoms with E-state index in [1.807, 2.05) is 30.3 Å². The largest absolute Gasteiger partial charge is 0.459 e. The van der Waals surface area contributed by atoms with E-state index in [-0.39, 0.29) is 12.2 Å². The van der Waals surface area contributed by atoms with E-state index in [1.54, 1.807) is 30.3 Å². The molecule has 11 nitrogen and oxygen atoms in total. The predicted molar refractivity (Wildman–Crippen MR) is 115 cm³/mol. The number of nitrogens with one attached hydrogen (secondary N) is 3. The predicted octanol–water partition coefficient (Wildman–Crippen LogP) is 1.06. The molecule has 0 aliphatic heterocycles. The fourth-order valence-corrected chi connectivity index (χ4v) is 3.02. The number of hydrogen-bond acceptors (Lipinski definition) is 7. The van der Waals surface area contributed by atoms with E-state index >= 15 is 0 Å². The molecule has 11 heteroatoms. The van der Waals surface area contributed by atoms with Crippen LogP contribution in [0.3, 0.4) is 0 Å². The number of carbonyl (C=O) groups excluding carboxylic acids is 3. The number of furan rings is 1. The molecule has 3 amide bonds. The van der Waals surface area contributed by atoms with Gasteiger partial charge in [0.2, 0.25) is 0 Å². The van der Waals surface area contributed by atoms with Crippen LogP contribution >= 0.6 is 0 Å². The van der Waals surface area contributed by atoms with Gasteiger partial charge in [-0.05, 0) is 52.4 Å². The quantitative estimate of drug-likeness (QED) is 0.361. The highest BCUT2D eigenvalue weighted by Crippen LogP contribution is 2.08. The zero-order valence-electron chi connectivity index (χ0n) is 17.2. The number of nitrogens with zero attached hydrogens (tertiary/aromatic N) is 4. The Kier molecular flexibility index (Phi) is 6.50. The first-order valence-electron chi connectivity index (χ1n) is 9.92. The fraction of sp³-hybridized carbons (Fsp3) is 0.0909. The number of hydrazine groups is 1. The Morgan fingerprint density at radius 1 is 0.909 bits per heavy atom.